The number of amidine groups is 2. The molecule has 0 N–H and O–H groups in total. The standard InChI is InChI=1S/C17H15N5O6S/c1-11(2)20-16(27-14-9-5-3-7-12(14)21(23)24)18-29-19-17(20)28-15-10-6-4-8-13(15)22(25)26/h3-11H,1-2H3. The van der Waals surface area contributed by atoms with E-state index in [4.69, 9.17) is 9.47 Å². The number of hydrogen-bond acceptors (Lipinski definition) is 10. The average molecular weight is 417 g/mol. The lowest BCUT2D eigenvalue weighted by Gasteiger charge is -2.30. The van der Waals surface area contributed by atoms with Gasteiger partial charge in [-0.25, -0.2) is 4.90 Å². The minimum Gasteiger partial charge on any atom is -0.418 e. The molecule has 150 valence electrons. The lowest BCUT2D eigenvalue weighted by molar-refractivity contribution is -0.385. The number of nitrogens with zero attached hydrogens (tertiary/aromatic N) is 5. The van der Waals surface area contributed by atoms with E-state index in [1.807, 2.05) is 0 Å². The average Bonchev–Trinajstić information content (AvgIpc) is 2.68. The van der Waals surface area contributed by atoms with Crippen molar-refractivity contribution < 1.29 is 19.3 Å². The van der Waals surface area contributed by atoms with E-state index in [9.17, 15) is 20.2 Å². The summed E-state index contributed by atoms with van der Waals surface area (Å²) < 4.78 is 19.6. The molecule has 1 aliphatic rings. The summed E-state index contributed by atoms with van der Waals surface area (Å²) in [6, 6.07) is 11.5. The summed E-state index contributed by atoms with van der Waals surface area (Å²) in [4.78, 5) is 22.8. The molecule has 2 aromatic carbocycles. The van der Waals surface area contributed by atoms with Crippen LogP contribution in [0.2, 0.25) is 0 Å². The van der Waals surface area contributed by atoms with Gasteiger partial charge in [-0.05, 0) is 26.0 Å². The van der Waals surface area contributed by atoms with Crippen molar-refractivity contribution in [2.75, 3.05) is 0 Å². The predicted octanol–water partition coefficient (Wildman–Crippen LogP) is 3.96. The van der Waals surface area contributed by atoms with Crippen LogP contribution < -0.4 is 9.47 Å². The molecule has 0 fully saturated rings. The lowest BCUT2D eigenvalue weighted by atomic mass is 10.3. The molecular weight excluding hydrogens is 402 g/mol. The van der Waals surface area contributed by atoms with Crippen LogP contribution in [0.5, 0.6) is 11.5 Å². The van der Waals surface area contributed by atoms with Crippen LogP contribution in [0.4, 0.5) is 11.4 Å². The Morgan fingerprint density at radius 3 is 1.66 bits per heavy atom. The van der Waals surface area contributed by atoms with E-state index in [0.717, 1.165) is 12.1 Å². The maximum Gasteiger partial charge on any atom is 0.315 e. The van der Waals surface area contributed by atoms with Gasteiger partial charge in [0.25, 0.3) is 0 Å². The summed E-state index contributed by atoms with van der Waals surface area (Å²) in [6.45, 7) is 3.60. The number of rotatable bonds is 5. The fourth-order valence-electron chi connectivity index (χ4n) is 2.42. The molecule has 0 unspecified atom stereocenters. The molecule has 0 saturated carbocycles. The van der Waals surface area contributed by atoms with Gasteiger partial charge in [-0.3, -0.25) is 20.2 Å². The first-order valence-corrected chi connectivity index (χ1v) is 9.05. The third-order valence-corrected chi connectivity index (χ3v) is 4.17. The van der Waals surface area contributed by atoms with Gasteiger partial charge in [-0.1, -0.05) is 24.3 Å². The zero-order chi connectivity index (χ0) is 21.0. The lowest BCUT2D eigenvalue weighted by Crippen LogP contribution is -2.47. The van der Waals surface area contributed by atoms with Crippen LogP contribution in [-0.4, -0.2) is 32.8 Å². The number of para-hydroxylation sites is 4. The van der Waals surface area contributed by atoms with Gasteiger partial charge >= 0.3 is 23.4 Å². The summed E-state index contributed by atoms with van der Waals surface area (Å²) in [6.07, 6.45) is 0. The van der Waals surface area contributed by atoms with Crippen LogP contribution in [0.15, 0.2) is 57.3 Å². The molecule has 0 amide bonds. The minimum absolute atomic E-state index is 0.00267. The van der Waals surface area contributed by atoms with Gasteiger partial charge < -0.3 is 9.47 Å². The third-order valence-electron chi connectivity index (χ3n) is 3.69. The number of nitro benzene ring substituents is 2. The van der Waals surface area contributed by atoms with Gasteiger partial charge in [0.05, 0.1) is 9.85 Å². The first-order chi connectivity index (χ1) is 13.9. The van der Waals surface area contributed by atoms with E-state index in [1.54, 1.807) is 26.0 Å². The second kappa shape index (κ2) is 8.56. The van der Waals surface area contributed by atoms with E-state index in [2.05, 4.69) is 8.80 Å². The Hall–Kier alpha value is -3.67. The van der Waals surface area contributed by atoms with Crippen molar-refractivity contribution in [3.8, 4) is 11.5 Å². The first-order valence-electron chi connectivity index (χ1n) is 8.32. The van der Waals surface area contributed by atoms with Crippen LogP contribution in [0.1, 0.15) is 13.8 Å². The molecule has 0 spiro atoms. The molecule has 12 heteroatoms. The highest BCUT2D eigenvalue weighted by Crippen LogP contribution is 2.31. The molecule has 1 aliphatic heterocycles. The van der Waals surface area contributed by atoms with Gasteiger partial charge in [-0.2, -0.15) is 0 Å². The molecule has 0 saturated heterocycles. The van der Waals surface area contributed by atoms with E-state index in [0.29, 0.717) is 0 Å². The number of ether oxygens (including phenoxy) is 2. The van der Waals surface area contributed by atoms with E-state index >= 15 is 0 Å². The summed E-state index contributed by atoms with van der Waals surface area (Å²) in [5.41, 5.74) is -0.458. The minimum atomic E-state index is -0.565. The van der Waals surface area contributed by atoms with Gasteiger partial charge in [-0.15, -0.1) is 8.80 Å². The van der Waals surface area contributed by atoms with E-state index in [-0.39, 0.29) is 41.0 Å². The van der Waals surface area contributed by atoms with Crippen molar-refractivity contribution in [2.45, 2.75) is 19.9 Å². The third kappa shape index (κ3) is 4.43. The summed E-state index contributed by atoms with van der Waals surface area (Å²) in [5, 5.41) is 22.5. The highest BCUT2D eigenvalue weighted by Gasteiger charge is 2.31. The van der Waals surface area contributed by atoms with Gasteiger partial charge in [0, 0.05) is 18.2 Å². The van der Waals surface area contributed by atoms with Crippen molar-refractivity contribution in [3.63, 3.8) is 0 Å². The molecule has 0 atom stereocenters. The highest BCUT2D eigenvalue weighted by atomic mass is 32.2. The van der Waals surface area contributed by atoms with Crippen LogP contribution >= 0.6 is 12.1 Å². The zero-order valence-electron chi connectivity index (χ0n) is 15.3. The summed E-state index contributed by atoms with van der Waals surface area (Å²) >= 11 is 0.744. The van der Waals surface area contributed by atoms with Crippen LogP contribution in [0, 0.1) is 20.2 Å². The molecule has 0 radical (unpaired) electrons. The smallest absolute Gasteiger partial charge is 0.315 e. The molecule has 0 aromatic heterocycles. The van der Waals surface area contributed by atoms with E-state index in [1.165, 1.54) is 41.3 Å². The monoisotopic (exact) mass is 417 g/mol. The van der Waals surface area contributed by atoms with Crippen molar-refractivity contribution in [1.82, 2.24) is 4.90 Å². The Morgan fingerprint density at radius 1 is 0.862 bits per heavy atom. The van der Waals surface area contributed by atoms with Gasteiger partial charge in [0.1, 0.15) is 12.1 Å². The Balaban J connectivity index is 1.90. The van der Waals surface area contributed by atoms with Crippen LogP contribution in [0.25, 0.3) is 0 Å². The Kier molecular flexibility index (Phi) is 5.93. The number of nitro groups is 2. The molecule has 0 aliphatic carbocycles. The Morgan fingerprint density at radius 2 is 1.28 bits per heavy atom. The van der Waals surface area contributed by atoms with Gasteiger partial charge in [0.2, 0.25) is 11.5 Å². The van der Waals surface area contributed by atoms with Crippen molar-refractivity contribution in [2.24, 2.45) is 8.80 Å². The maximum absolute atomic E-state index is 11.2. The topological polar surface area (TPSA) is 133 Å². The molecule has 2 aromatic rings. The van der Waals surface area contributed by atoms with Crippen molar-refractivity contribution in [1.29, 1.82) is 0 Å². The van der Waals surface area contributed by atoms with Crippen LogP contribution in [-0.2, 0) is 0 Å². The molecular formula is C17H15N5O6S. The van der Waals surface area contributed by atoms with Crippen LogP contribution in [0.3, 0.4) is 0 Å². The summed E-state index contributed by atoms with van der Waals surface area (Å²) in [5.74, 6) is -0.0103. The fraction of sp³-hybridized carbons (Fsp3) is 0.176. The van der Waals surface area contributed by atoms with Gasteiger partial charge in [0.15, 0.2) is 0 Å². The second-order valence-electron chi connectivity index (χ2n) is 5.95. The maximum atomic E-state index is 11.2. The predicted molar refractivity (Wildman–Crippen MR) is 107 cm³/mol. The molecule has 3 rings (SSSR count). The van der Waals surface area contributed by atoms with E-state index < -0.39 is 9.85 Å². The summed E-state index contributed by atoms with van der Waals surface area (Å²) in [7, 11) is 0. The number of benzene rings is 2. The Labute approximate surface area is 169 Å². The quantitative estimate of drug-likeness (QED) is 0.405. The Bertz CT molecular complexity index is 934. The normalized spacial score (nSPS) is 13.6. The SMILES string of the molecule is CC(C)N1C(Oc2ccccc2[N+](=O)[O-])=NSN=C1Oc1ccccc1[N+](=O)[O-]. The molecule has 11 nitrogen and oxygen atoms in total. The van der Waals surface area contributed by atoms with Crippen molar-refractivity contribution in [3.05, 3.63) is 68.8 Å². The zero-order valence-corrected chi connectivity index (χ0v) is 16.1. The van der Waals surface area contributed by atoms with Crippen molar-refractivity contribution >= 4 is 35.6 Å². The number of hydrogen-bond donors (Lipinski definition) is 0. The highest BCUT2D eigenvalue weighted by molar-refractivity contribution is 7.97. The fourth-order valence-corrected chi connectivity index (χ4v) is 2.85. The molecule has 1 heterocycles. The molecule has 29 heavy (non-hydrogen) atoms. The second-order valence-corrected chi connectivity index (χ2v) is 6.48. The largest absolute Gasteiger partial charge is 0.418 e. The first kappa shape index (κ1) is 20.1. The molecule has 0 bridgehead atoms.